The predicted molar refractivity (Wildman–Crippen MR) is 201 cm³/mol. The van der Waals surface area contributed by atoms with Crippen molar-refractivity contribution in [3.05, 3.63) is 104 Å². The number of nitrogens with one attached hydrogen (secondary N) is 2. The fourth-order valence-electron chi connectivity index (χ4n) is 7.70. The molecule has 8 N–H and O–H groups in total. The molecule has 0 unspecified atom stereocenters. The Morgan fingerprint density at radius 1 is 1.10 bits per heavy atom. The van der Waals surface area contributed by atoms with E-state index in [2.05, 4.69) is 49.1 Å². The van der Waals surface area contributed by atoms with Crippen molar-refractivity contribution in [2.24, 2.45) is 43.3 Å². The third-order valence-corrected chi connectivity index (χ3v) is 10.6. The van der Waals surface area contributed by atoms with E-state index in [0.29, 0.717) is 19.3 Å². The van der Waals surface area contributed by atoms with Crippen LogP contribution in [0.3, 0.4) is 0 Å². The first-order chi connectivity index (χ1) is 24.3. The van der Waals surface area contributed by atoms with Gasteiger partial charge in [0.15, 0.2) is 5.96 Å². The van der Waals surface area contributed by atoms with Crippen molar-refractivity contribution >= 4 is 35.0 Å². The van der Waals surface area contributed by atoms with Crippen molar-refractivity contribution in [1.29, 1.82) is 0 Å². The largest absolute Gasteiger partial charge is 0.511 e. The number of allylic oxidation sites excluding steroid dienone is 12. The molecule has 0 radical (unpaired) electrons. The molecule has 0 aromatic heterocycles. The zero-order valence-electron chi connectivity index (χ0n) is 29.9. The van der Waals surface area contributed by atoms with Gasteiger partial charge in [-0.3, -0.25) is 9.79 Å². The summed E-state index contributed by atoms with van der Waals surface area (Å²) in [5.41, 5.74) is 24.1. The normalized spacial score (nSPS) is 22.8. The van der Waals surface area contributed by atoms with Crippen LogP contribution in [0.15, 0.2) is 124 Å². The zero-order valence-corrected chi connectivity index (χ0v) is 29.9. The molecule has 0 saturated carbocycles. The predicted octanol–water partition coefficient (Wildman–Crippen LogP) is 5.25. The molecule has 0 aromatic rings. The van der Waals surface area contributed by atoms with Gasteiger partial charge in [0, 0.05) is 59.3 Å². The van der Waals surface area contributed by atoms with Crippen molar-refractivity contribution in [2.75, 3.05) is 6.54 Å². The minimum absolute atomic E-state index is 0.0527. The number of carbonyl (C=O) groups is 2. The first-order valence-electron chi connectivity index (χ1n) is 17.5. The number of amides is 1. The van der Waals surface area contributed by atoms with Gasteiger partial charge < -0.3 is 32.3 Å². The van der Waals surface area contributed by atoms with Gasteiger partial charge in [-0.2, -0.15) is 0 Å². The molecule has 6 rings (SSSR count). The molecular weight excluding hydrogens is 644 g/mol. The molecule has 3 atom stereocenters. The Morgan fingerprint density at radius 2 is 1.82 bits per heavy atom. The average Bonchev–Trinajstić information content (AvgIpc) is 3.83. The Morgan fingerprint density at radius 3 is 2.51 bits per heavy atom. The molecule has 12 nitrogen and oxygen atoms in total. The SMILES string of the molecule is C=CC1=C(C)C2=NC1=CC1=NC(=CC3=C(C)C4=C(O)CC(=C5NC(=C2)[C@@H](C)[C@@H]5CCC(=O)N[C@@H](CCCN=C(N)N)C(=O)O)C4=N3)C(CC)=C1C. The molecule has 0 aromatic carbocycles. The number of hydrogen-bond donors (Lipinski definition) is 6. The summed E-state index contributed by atoms with van der Waals surface area (Å²) in [4.78, 5) is 44.3. The second kappa shape index (κ2) is 14.0. The van der Waals surface area contributed by atoms with Crippen molar-refractivity contribution in [1.82, 2.24) is 10.6 Å². The maximum absolute atomic E-state index is 13.2. The van der Waals surface area contributed by atoms with E-state index in [0.717, 1.165) is 91.1 Å². The highest BCUT2D eigenvalue weighted by Crippen LogP contribution is 2.46. The van der Waals surface area contributed by atoms with Gasteiger partial charge in [0.2, 0.25) is 5.91 Å². The van der Waals surface area contributed by atoms with Crippen molar-refractivity contribution in [3.8, 4) is 0 Å². The molecule has 1 amide bonds. The first kappa shape index (κ1) is 35.3. The summed E-state index contributed by atoms with van der Waals surface area (Å²) in [5.74, 6) is -1.47. The third kappa shape index (κ3) is 6.58. The fourth-order valence-corrected chi connectivity index (χ4v) is 7.70. The lowest BCUT2D eigenvalue weighted by Crippen LogP contribution is -2.41. The van der Waals surface area contributed by atoms with Crippen LogP contribution in [-0.2, 0) is 9.59 Å². The molecule has 266 valence electrons. The number of carboxylic acids is 1. The van der Waals surface area contributed by atoms with Crippen LogP contribution < -0.4 is 22.1 Å². The number of carbonyl (C=O) groups excluding carboxylic acids is 1. The lowest BCUT2D eigenvalue weighted by molar-refractivity contribution is -0.142. The van der Waals surface area contributed by atoms with Gasteiger partial charge in [-0.05, 0) is 87.0 Å². The average molecular weight is 691 g/mol. The molecular formula is C39H46N8O4. The molecule has 6 aliphatic rings. The van der Waals surface area contributed by atoms with Crippen molar-refractivity contribution < 1.29 is 19.8 Å². The number of aliphatic carboxylic acids is 1. The van der Waals surface area contributed by atoms with Gasteiger partial charge in [0.25, 0.3) is 0 Å². The minimum atomic E-state index is -1.11. The summed E-state index contributed by atoms with van der Waals surface area (Å²) >= 11 is 0. The van der Waals surface area contributed by atoms with Crippen LogP contribution in [0.4, 0.5) is 0 Å². The second-order valence-corrected chi connectivity index (χ2v) is 13.7. The topological polar surface area (TPSA) is 200 Å². The molecule has 12 heteroatoms. The van der Waals surface area contributed by atoms with Gasteiger partial charge in [-0.15, -0.1) is 0 Å². The van der Waals surface area contributed by atoms with E-state index in [-0.39, 0.29) is 48.8 Å². The molecule has 0 spiro atoms. The number of nitrogens with two attached hydrogens (primary N) is 2. The molecule has 8 bridgehead atoms. The van der Waals surface area contributed by atoms with Crippen LogP contribution >= 0.6 is 0 Å². The molecule has 1 fully saturated rings. The highest BCUT2D eigenvalue weighted by atomic mass is 16.4. The molecule has 1 saturated heterocycles. The van der Waals surface area contributed by atoms with E-state index in [9.17, 15) is 19.8 Å². The van der Waals surface area contributed by atoms with Crippen molar-refractivity contribution in [2.45, 2.75) is 79.2 Å². The first-order valence-corrected chi connectivity index (χ1v) is 17.5. The maximum atomic E-state index is 13.2. The molecule has 1 aliphatic carbocycles. The van der Waals surface area contributed by atoms with Crippen LogP contribution in [0, 0.1) is 11.8 Å². The number of aliphatic imine (C=N–C) groups is 4. The van der Waals surface area contributed by atoms with E-state index in [4.69, 9.17) is 26.4 Å². The Labute approximate surface area is 298 Å². The summed E-state index contributed by atoms with van der Waals surface area (Å²) in [7, 11) is 0. The van der Waals surface area contributed by atoms with Crippen LogP contribution in [0.1, 0.15) is 73.1 Å². The van der Waals surface area contributed by atoms with Crippen LogP contribution in [0.2, 0.25) is 0 Å². The number of aliphatic hydroxyl groups excluding tert-OH is 1. The summed E-state index contributed by atoms with van der Waals surface area (Å²) in [5, 5.41) is 27.5. The summed E-state index contributed by atoms with van der Waals surface area (Å²) in [6.45, 7) is 14.7. The van der Waals surface area contributed by atoms with E-state index >= 15 is 0 Å². The summed E-state index contributed by atoms with van der Waals surface area (Å²) < 4.78 is 0. The number of carboxylic acid groups (broad SMARTS) is 1. The highest BCUT2D eigenvalue weighted by Gasteiger charge is 2.41. The Hall–Kier alpha value is -5.52. The number of guanidine groups is 1. The van der Waals surface area contributed by atoms with E-state index < -0.39 is 12.0 Å². The van der Waals surface area contributed by atoms with Crippen molar-refractivity contribution in [3.63, 3.8) is 0 Å². The smallest absolute Gasteiger partial charge is 0.326 e. The third-order valence-electron chi connectivity index (χ3n) is 10.6. The monoisotopic (exact) mass is 690 g/mol. The van der Waals surface area contributed by atoms with Crippen LogP contribution in [0.25, 0.3) is 0 Å². The summed E-state index contributed by atoms with van der Waals surface area (Å²) in [6.07, 6.45) is 10.2. The van der Waals surface area contributed by atoms with E-state index in [1.54, 1.807) is 0 Å². The van der Waals surface area contributed by atoms with Crippen LogP contribution in [-0.4, -0.2) is 57.8 Å². The Bertz CT molecular complexity index is 2020. The standard InChI is InChI=1S/C39H46N8O4/c1-7-22-18(3)27-15-29-20(5)24(11-12-34(49)45-26(38(50)51)10-9-13-42-39(40)41)36(46-29)25-14-33(48)35-21(6)30(47-37(25)35)17-32-23(8-2)19(4)28(44-32)16-31(22)43-27/h7,15-17,20,24,26,46,48H,1,8-14H2,2-6H3,(H,45,49)(H,50,51)(H4,40,41,42)/t20-,24-,26-/m0/s1. The quantitative estimate of drug-likeness (QED) is 0.0966. The molecule has 51 heavy (non-hydrogen) atoms. The lowest BCUT2D eigenvalue weighted by Gasteiger charge is -2.19. The number of hydrogen-bond acceptors (Lipinski definition) is 8. The van der Waals surface area contributed by atoms with E-state index in [1.807, 2.05) is 32.1 Å². The Balaban J connectivity index is 1.39. The number of aliphatic hydroxyl groups is 1. The highest BCUT2D eigenvalue weighted by molar-refractivity contribution is 6.21. The lowest BCUT2D eigenvalue weighted by atomic mass is 9.86. The molecule has 5 heterocycles. The van der Waals surface area contributed by atoms with Gasteiger partial charge >= 0.3 is 5.97 Å². The number of rotatable bonds is 11. The number of fused-ring (bicyclic) bond motifs is 5. The number of nitrogens with zero attached hydrogens (tertiary/aromatic N) is 4. The van der Waals surface area contributed by atoms with Gasteiger partial charge in [-0.1, -0.05) is 26.5 Å². The minimum Gasteiger partial charge on any atom is -0.511 e. The van der Waals surface area contributed by atoms with E-state index in [1.165, 1.54) is 0 Å². The van der Waals surface area contributed by atoms with Crippen LogP contribution in [0.5, 0.6) is 0 Å². The van der Waals surface area contributed by atoms with Gasteiger partial charge in [0.1, 0.15) is 11.8 Å². The summed E-state index contributed by atoms with van der Waals surface area (Å²) in [6, 6.07) is -1.06. The second-order valence-electron chi connectivity index (χ2n) is 13.7. The molecule has 5 aliphatic heterocycles. The Kier molecular flexibility index (Phi) is 9.70. The fraction of sp³-hybridized carbons (Fsp3) is 0.385. The van der Waals surface area contributed by atoms with Gasteiger partial charge in [-0.25, -0.2) is 19.8 Å². The van der Waals surface area contributed by atoms with Gasteiger partial charge in [0.05, 0.1) is 34.2 Å². The zero-order chi connectivity index (χ0) is 36.7. The maximum Gasteiger partial charge on any atom is 0.326 e.